The fourth-order valence-electron chi connectivity index (χ4n) is 6.08. The van der Waals surface area contributed by atoms with E-state index < -0.39 is 24.0 Å². The van der Waals surface area contributed by atoms with E-state index in [0.717, 1.165) is 28.7 Å². The van der Waals surface area contributed by atoms with Crippen LogP contribution in [0.4, 0.5) is 4.79 Å². The van der Waals surface area contributed by atoms with E-state index in [4.69, 9.17) is 4.74 Å². The molecule has 7 heteroatoms. The summed E-state index contributed by atoms with van der Waals surface area (Å²) in [7, 11) is 0. The maximum atomic E-state index is 13.4. The van der Waals surface area contributed by atoms with Gasteiger partial charge >= 0.3 is 12.1 Å². The van der Waals surface area contributed by atoms with Crippen LogP contribution in [0, 0.1) is 11.8 Å². The Balaban J connectivity index is 1.26. The molecule has 35 heavy (non-hydrogen) atoms. The van der Waals surface area contributed by atoms with E-state index in [0.29, 0.717) is 19.4 Å². The van der Waals surface area contributed by atoms with Crippen molar-refractivity contribution < 1.29 is 24.2 Å². The van der Waals surface area contributed by atoms with Gasteiger partial charge in [-0.15, -0.1) is 6.58 Å². The molecule has 6 rings (SSSR count). The number of rotatable bonds is 7. The van der Waals surface area contributed by atoms with Crippen LogP contribution >= 0.6 is 0 Å². The summed E-state index contributed by atoms with van der Waals surface area (Å²) >= 11 is 0. The number of alkyl carbamates (subject to hydrolysis) is 1. The summed E-state index contributed by atoms with van der Waals surface area (Å²) in [5, 5.41) is 12.3. The van der Waals surface area contributed by atoms with E-state index >= 15 is 0 Å². The highest BCUT2D eigenvalue weighted by molar-refractivity contribution is 5.87. The standard InChI is InChI=1S/C28H30N2O5/c1-2-7-24(26(31)30-15-17-12-13-25(30)22(14-17)27(32)33)29-28(34)35-16-23-20-10-5-3-8-18(20)19-9-4-6-11-21(19)23/h2-6,8-11,17,22-25H,1,7,12-16H2,(H,29,34)(H,32,33). The molecule has 0 radical (unpaired) electrons. The van der Waals surface area contributed by atoms with Crippen molar-refractivity contribution in [3.05, 3.63) is 72.3 Å². The summed E-state index contributed by atoms with van der Waals surface area (Å²) in [6.07, 6.45) is 3.39. The van der Waals surface area contributed by atoms with E-state index in [1.165, 1.54) is 0 Å². The lowest BCUT2D eigenvalue weighted by Gasteiger charge is -2.49. The molecule has 2 aliphatic heterocycles. The second-order valence-corrected chi connectivity index (χ2v) is 9.73. The first kappa shape index (κ1) is 23.1. The van der Waals surface area contributed by atoms with Crippen molar-refractivity contribution in [3.8, 4) is 11.1 Å². The molecule has 2 aromatic rings. The Morgan fingerprint density at radius 2 is 1.74 bits per heavy atom. The minimum atomic E-state index is -0.859. The molecule has 4 aliphatic rings. The minimum Gasteiger partial charge on any atom is -0.481 e. The predicted octanol–water partition coefficient (Wildman–Crippen LogP) is 4.18. The van der Waals surface area contributed by atoms with Gasteiger partial charge in [-0.1, -0.05) is 54.6 Å². The highest BCUT2D eigenvalue weighted by Gasteiger charge is 2.47. The van der Waals surface area contributed by atoms with E-state index in [-0.39, 0.29) is 36.8 Å². The zero-order valence-corrected chi connectivity index (χ0v) is 19.6. The van der Waals surface area contributed by atoms with Crippen molar-refractivity contribution in [3.63, 3.8) is 0 Å². The highest BCUT2D eigenvalue weighted by Crippen LogP contribution is 2.44. The lowest BCUT2D eigenvalue weighted by molar-refractivity contribution is -0.156. The third kappa shape index (κ3) is 4.31. The number of ether oxygens (including phenoxy) is 1. The second-order valence-electron chi connectivity index (χ2n) is 9.73. The summed E-state index contributed by atoms with van der Waals surface area (Å²) in [5.41, 5.74) is 4.52. The van der Waals surface area contributed by atoms with Crippen molar-refractivity contribution >= 4 is 18.0 Å². The Morgan fingerprint density at radius 3 is 2.34 bits per heavy atom. The zero-order chi connectivity index (χ0) is 24.5. The van der Waals surface area contributed by atoms with Crippen molar-refractivity contribution in [1.29, 1.82) is 0 Å². The third-order valence-electron chi connectivity index (χ3n) is 7.71. The van der Waals surface area contributed by atoms with Crippen LogP contribution in [0.15, 0.2) is 61.2 Å². The number of nitrogens with one attached hydrogen (secondary N) is 1. The molecule has 0 aromatic heterocycles. The number of aliphatic carboxylic acids is 1. The molecular formula is C28H30N2O5. The molecule has 2 heterocycles. The van der Waals surface area contributed by atoms with Gasteiger partial charge in [-0.05, 0) is 53.9 Å². The van der Waals surface area contributed by atoms with E-state index in [1.807, 2.05) is 24.3 Å². The summed E-state index contributed by atoms with van der Waals surface area (Å²) in [4.78, 5) is 39.6. The van der Waals surface area contributed by atoms with Gasteiger partial charge in [-0.3, -0.25) is 9.59 Å². The van der Waals surface area contributed by atoms with Gasteiger partial charge in [0.1, 0.15) is 12.6 Å². The van der Waals surface area contributed by atoms with Crippen LogP contribution in [-0.2, 0) is 14.3 Å². The average Bonchev–Trinajstić information content (AvgIpc) is 3.20. The molecule has 4 atom stereocenters. The molecule has 2 saturated heterocycles. The van der Waals surface area contributed by atoms with Crippen molar-refractivity contribution in [2.75, 3.05) is 13.2 Å². The number of amides is 2. The van der Waals surface area contributed by atoms with Crippen molar-refractivity contribution in [1.82, 2.24) is 10.2 Å². The molecule has 2 N–H and O–H groups in total. The first-order chi connectivity index (χ1) is 17.0. The monoisotopic (exact) mass is 474 g/mol. The Labute approximate surface area is 204 Å². The smallest absolute Gasteiger partial charge is 0.407 e. The first-order valence-electron chi connectivity index (χ1n) is 12.2. The number of carbonyl (C=O) groups is 3. The SMILES string of the molecule is C=CCC(NC(=O)OCC1c2ccccc2-c2ccccc21)C(=O)N1CC2CCC1C(C(=O)O)C2. The zero-order valence-electron chi connectivity index (χ0n) is 19.6. The number of piperidine rings is 2. The number of carbonyl (C=O) groups excluding carboxylic acids is 2. The molecule has 2 aliphatic carbocycles. The number of hydrogen-bond donors (Lipinski definition) is 2. The molecule has 4 unspecified atom stereocenters. The molecule has 1 saturated carbocycles. The normalized spacial score (nSPS) is 23.2. The van der Waals surface area contributed by atoms with Crippen LogP contribution < -0.4 is 5.32 Å². The van der Waals surface area contributed by atoms with Crippen LogP contribution in [0.2, 0.25) is 0 Å². The summed E-state index contributed by atoms with van der Waals surface area (Å²) < 4.78 is 5.63. The van der Waals surface area contributed by atoms with Gasteiger partial charge in [-0.2, -0.15) is 0 Å². The van der Waals surface area contributed by atoms with Gasteiger partial charge in [0, 0.05) is 18.5 Å². The molecule has 2 bridgehead atoms. The quantitative estimate of drug-likeness (QED) is 0.587. The van der Waals surface area contributed by atoms with Crippen LogP contribution in [-0.4, -0.2) is 53.2 Å². The molecule has 0 spiro atoms. The van der Waals surface area contributed by atoms with Gasteiger partial charge in [-0.25, -0.2) is 4.79 Å². The Morgan fingerprint density at radius 1 is 1.09 bits per heavy atom. The number of benzene rings is 2. The Bertz CT molecular complexity index is 1120. The van der Waals surface area contributed by atoms with Crippen LogP contribution in [0.1, 0.15) is 42.7 Å². The molecule has 7 nitrogen and oxygen atoms in total. The van der Waals surface area contributed by atoms with Gasteiger partial charge in [0.05, 0.1) is 5.92 Å². The van der Waals surface area contributed by atoms with E-state index in [1.54, 1.807) is 11.0 Å². The molecule has 3 fully saturated rings. The number of carboxylic acid groups (broad SMARTS) is 1. The van der Waals surface area contributed by atoms with Crippen LogP contribution in [0.25, 0.3) is 11.1 Å². The van der Waals surface area contributed by atoms with Gasteiger partial charge in [0.25, 0.3) is 0 Å². The number of fused-ring (bicyclic) bond motifs is 6. The maximum absolute atomic E-state index is 13.4. The third-order valence-corrected chi connectivity index (χ3v) is 7.71. The second kappa shape index (κ2) is 9.56. The summed E-state index contributed by atoms with van der Waals surface area (Å²) in [5.74, 6) is -1.56. The summed E-state index contributed by atoms with van der Waals surface area (Å²) in [6.45, 7) is 4.42. The Hall–Kier alpha value is -3.61. The van der Waals surface area contributed by atoms with Crippen LogP contribution in [0.5, 0.6) is 0 Å². The van der Waals surface area contributed by atoms with Crippen LogP contribution in [0.3, 0.4) is 0 Å². The fraction of sp³-hybridized carbons (Fsp3) is 0.393. The average molecular weight is 475 g/mol. The minimum absolute atomic E-state index is 0.0733. The number of carboxylic acids is 1. The molecular weight excluding hydrogens is 444 g/mol. The fourth-order valence-corrected chi connectivity index (χ4v) is 6.08. The first-order valence-corrected chi connectivity index (χ1v) is 12.2. The Kier molecular flexibility index (Phi) is 6.32. The van der Waals surface area contributed by atoms with Gasteiger partial charge in [0.15, 0.2) is 0 Å². The maximum Gasteiger partial charge on any atom is 0.407 e. The highest BCUT2D eigenvalue weighted by atomic mass is 16.5. The lowest BCUT2D eigenvalue weighted by Crippen LogP contribution is -2.61. The lowest BCUT2D eigenvalue weighted by atomic mass is 9.72. The van der Waals surface area contributed by atoms with Gasteiger partial charge < -0.3 is 20.1 Å². The van der Waals surface area contributed by atoms with E-state index in [2.05, 4.69) is 36.2 Å². The largest absolute Gasteiger partial charge is 0.481 e. The van der Waals surface area contributed by atoms with Gasteiger partial charge in [0.2, 0.25) is 5.91 Å². The van der Waals surface area contributed by atoms with Crippen molar-refractivity contribution in [2.45, 2.75) is 43.7 Å². The topological polar surface area (TPSA) is 95.9 Å². The summed E-state index contributed by atoms with van der Waals surface area (Å²) in [6, 6.07) is 15.0. The molecule has 2 aromatic carbocycles. The number of nitrogens with zero attached hydrogens (tertiary/aromatic N) is 1. The molecule has 182 valence electrons. The van der Waals surface area contributed by atoms with Crippen molar-refractivity contribution in [2.24, 2.45) is 11.8 Å². The predicted molar refractivity (Wildman–Crippen MR) is 131 cm³/mol. The molecule has 2 amide bonds. The number of hydrogen-bond acceptors (Lipinski definition) is 4. The van der Waals surface area contributed by atoms with E-state index in [9.17, 15) is 19.5 Å².